The summed E-state index contributed by atoms with van der Waals surface area (Å²) >= 11 is 0. The van der Waals surface area contributed by atoms with Crippen LogP contribution in [0.5, 0.6) is 0 Å². The molecular weight excluding hydrogens is 345 g/mol. The quantitative estimate of drug-likeness (QED) is 0.592. The summed E-state index contributed by atoms with van der Waals surface area (Å²) in [4.78, 5) is 0. The topological polar surface area (TPSA) is 0 Å². The molecule has 0 unspecified atom stereocenters. The zero-order valence-corrected chi connectivity index (χ0v) is 16.3. The van der Waals surface area contributed by atoms with E-state index >= 15 is 0 Å². The van der Waals surface area contributed by atoms with Gasteiger partial charge in [0.15, 0.2) is 0 Å². The van der Waals surface area contributed by atoms with Crippen LogP contribution in [0.1, 0.15) is 60.3 Å². The Morgan fingerprint density at radius 1 is 1.19 bits per heavy atom. The van der Waals surface area contributed by atoms with Crippen molar-refractivity contribution in [2.75, 3.05) is 0 Å². The molecule has 0 aromatic heterocycles. The Hall–Kier alpha value is -0.297. The van der Waals surface area contributed by atoms with Crippen LogP contribution in [0.25, 0.3) is 0 Å². The summed E-state index contributed by atoms with van der Waals surface area (Å²) in [6.07, 6.45) is 17.4. The third-order valence-electron chi connectivity index (χ3n) is 3.78. The number of rotatable bonds is 3. The Balaban J connectivity index is -0.000000349. The maximum Gasteiger partial charge on any atom is 4.00 e. The van der Waals surface area contributed by atoms with Crippen LogP contribution in [0.2, 0.25) is 0 Å². The molecule has 0 nitrogen and oxygen atoms in total. The summed E-state index contributed by atoms with van der Waals surface area (Å²) in [7, 11) is 0. The van der Waals surface area contributed by atoms with Crippen molar-refractivity contribution in [3.63, 3.8) is 0 Å². The van der Waals surface area contributed by atoms with Gasteiger partial charge in [-0.05, 0) is 0 Å². The second kappa shape index (κ2) is 12.3. The smallest absolute Gasteiger partial charge is 1.00 e. The van der Waals surface area contributed by atoms with Gasteiger partial charge in [0.1, 0.15) is 0 Å². The van der Waals surface area contributed by atoms with Crippen molar-refractivity contribution in [2.45, 2.75) is 60.3 Å². The van der Waals surface area contributed by atoms with Crippen molar-refractivity contribution in [1.29, 1.82) is 0 Å². The van der Waals surface area contributed by atoms with Gasteiger partial charge in [0, 0.05) is 0 Å². The van der Waals surface area contributed by atoms with Crippen molar-refractivity contribution in [2.24, 2.45) is 5.41 Å². The van der Waals surface area contributed by atoms with Crippen LogP contribution < -0.4 is 9.41 Å². The Morgan fingerprint density at radius 2 is 1.81 bits per heavy atom. The summed E-state index contributed by atoms with van der Waals surface area (Å²) in [5.74, 6) is 0. The molecule has 0 N–H and O–H groups in total. The van der Waals surface area contributed by atoms with Crippen LogP contribution in [-0.4, -0.2) is 0 Å². The Morgan fingerprint density at radius 3 is 2.10 bits per heavy atom. The maximum absolute atomic E-state index is 3.61. The first-order chi connectivity index (χ1) is 8.49. The predicted molar refractivity (Wildman–Crippen MR) is 80.0 cm³/mol. The first kappa shape index (κ1) is 25.6. The van der Waals surface area contributed by atoms with E-state index in [0.717, 1.165) is 6.42 Å². The summed E-state index contributed by atoms with van der Waals surface area (Å²) < 4.78 is 0. The van der Waals surface area contributed by atoms with Crippen molar-refractivity contribution in [3.8, 4) is 0 Å². The Labute approximate surface area is 148 Å². The molecule has 0 heterocycles. The van der Waals surface area contributed by atoms with E-state index in [4.69, 9.17) is 0 Å². The van der Waals surface area contributed by atoms with E-state index < -0.39 is 0 Å². The molecule has 0 spiro atoms. The fourth-order valence-corrected chi connectivity index (χ4v) is 2.20. The van der Waals surface area contributed by atoms with E-state index in [0.29, 0.717) is 0 Å². The second-order valence-corrected chi connectivity index (χ2v) is 5.59. The zero-order chi connectivity index (χ0) is 13.6. The molecule has 0 atom stereocenters. The molecule has 0 amide bonds. The first-order valence-electron chi connectivity index (χ1n) is 7.03. The van der Waals surface area contributed by atoms with E-state index in [2.05, 4.69) is 52.8 Å². The van der Waals surface area contributed by atoms with Crippen molar-refractivity contribution in [1.82, 2.24) is 0 Å². The van der Waals surface area contributed by atoms with Crippen molar-refractivity contribution < 1.29 is 35.6 Å². The number of allylic oxidation sites excluding steroid dienone is 8. The fraction of sp³-hybridized carbons (Fsp3) is 0.556. The molecule has 3 heteroatoms. The molecule has 116 valence electrons. The van der Waals surface area contributed by atoms with Gasteiger partial charge in [0.2, 0.25) is 0 Å². The Kier molecular flexibility index (Phi) is 15.0. The molecule has 0 bridgehead atoms. The summed E-state index contributed by atoms with van der Waals surface area (Å²) in [5.41, 5.74) is 4.63. The van der Waals surface area contributed by atoms with E-state index in [-0.39, 0.29) is 41.0 Å². The van der Waals surface area contributed by atoms with E-state index in [1.807, 2.05) is 12.2 Å². The van der Waals surface area contributed by atoms with Crippen molar-refractivity contribution in [3.05, 3.63) is 47.1 Å². The normalized spacial score (nSPS) is 17.1. The predicted octanol–water partition coefficient (Wildman–Crippen LogP) is -0.406. The van der Waals surface area contributed by atoms with Crippen LogP contribution in [0.3, 0.4) is 0 Å². The molecule has 0 fully saturated rings. The molecule has 0 aliphatic heterocycles. The van der Waals surface area contributed by atoms with Crippen molar-refractivity contribution >= 4 is 0 Å². The molecule has 2 rings (SSSR count). The van der Waals surface area contributed by atoms with Crippen LogP contribution >= 0.6 is 0 Å². The molecule has 0 aromatic rings. The summed E-state index contributed by atoms with van der Waals surface area (Å²) in [6, 6.07) is 0. The number of hydrogen-bond donors (Lipinski definition) is 0. The van der Waals surface area contributed by atoms with Crippen LogP contribution in [0, 0.1) is 17.6 Å². The zero-order valence-electron chi connectivity index (χ0n) is 13.8. The molecule has 0 aromatic carbocycles. The SMILES string of the molecule is CCCCC1=[C-]C(C)(C)C(C)=C1C.[C-]1=CC=CC1.[F-].[F-].[Zr+4]. The van der Waals surface area contributed by atoms with Gasteiger partial charge < -0.3 is 9.41 Å². The van der Waals surface area contributed by atoms with Gasteiger partial charge in [-0.25, -0.2) is 17.7 Å². The minimum absolute atomic E-state index is 0. The molecule has 0 saturated heterocycles. The minimum Gasteiger partial charge on any atom is -1.00 e. The molecule has 0 radical (unpaired) electrons. The van der Waals surface area contributed by atoms with Gasteiger partial charge >= 0.3 is 26.2 Å². The van der Waals surface area contributed by atoms with Gasteiger partial charge in [-0.15, -0.1) is 13.3 Å². The van der Waals surface area contributed by atoms with Gasteiger partial charge in [0.25, 0.3) is 0 Å². The fourth-order valence-electron chi connectivity index (χ4n) is 2.20. The van der Waals surface area contributed by atoms with E-state index in [1.54, 1.807) is 0 Å². The molecule has 0 saturated carbocycles. The number of unbranched alkanes of at least 4 members (excludes halogenated alkanes) is 1. The van der Waals surface area contributed by atoms with Gasteiger partial charge in [-0.2, -0.15) is 17.2 Å². The third-order valence-corrected chi connectivity index (χ3v) is 3.78. The van der Waals surface area contributed by atoms with Gasteiger partial charge in [-0.1, -0.05) is 52.4 Å². The van der Waals surface area contributed by atoms with E-state index in [1.165, 1.54) is 36.0 Å². The monoisotopic (exact) mass is 370 g/mol. The first-order valence-corrected chi connectivity index (χ1v) is 7.03. The minimum atomic E-state index is 0. The second-order valence-electron chi connectivity index (χ2n) is 5.59. The number of halogens is 2. The summed E-state index contributed by atoms with van der Waals surface area (Å²) in [6.45, 7) is 11.2. The molecule has 2 aliphatic carbocycles. The van der Waals surface area contributed by atoms with Crippen LogP contribution in [-0.2, 0) is 26.2 Å². The van der Waals surface area contributed by atoms with Crippen LogP contribution in [0.15, 0.2) is 34.9 Å². The molecule has 2 aliphatic rings. The standard InChI is InChI=1S/C13H21.C5H5.2FH.Zr/c1-6-7-8-12-9-13(4,5)11(3)10(12)2;1-2-4-5-3-1;;;/h6-8H2,1-5H3;1-3H,4H2;2*1H;/q2*-1;;;+4/p-2. The number of hydrogen-bond acceptors (Lipinski definition) is 0. The largest absolute Gasteiger partial charge is 4.00 e. The Bertz CT molecular complexity index is 391. The van der Waals surface area contributed by atoms with Crippen LogP contribution in [0.4, 0.5) is 0 Å². The third kappa shape index (κ3) is 8.05. The maximum atomic E-state index is 3.61. The van der Waals surface area contributed by atoms with Gasteiger partial charge in [-0.3, -0.25) is 12.2 Å². The summed E-state index contributed by atoms with van der Waals surface area (Å²) in [5, 5.41) is 0. The van der Waals surface area contributed by atoms with Gasteiger partial charge in [0.05, 0.1) is 0 Å². The molecule has 21 heavy (non-hydrogen) atoms. The average molecular weight is 372 g/mol. The van der Waals surface area contributed by atoms with E-state index in [9.17, 15) is 0 Å². The average Bonchev–Trinajstić information content (AvgIpc) is 2.95. The molecular formula is C18H26F2Zr.